The first-order valence-corrected chi connectivity index (χ1v) is 8.27. The van der Waals surface area contributed by atoms with Gasteiger partial charge in [-0.2, -0.15) is 5.10 Å². The van der Waals surface area contributed by atoms with E-state index in [-0.39, 0.29) is 11.6 Å². The van der Waals surface area contributed by atoms with E-state index in [0.717, 1.165) is 0 Å². The van der Waals surface area contributed by atoms with Gasteiger partial charge in [0.15, 0.2) is 5.76 Å². The molecule has 0 aliphatic rings. The first kappa shape index (κ1) is 18.3. The maximum Gasteiger partial charge on any atom is 0.270 e. The number of nitro groups is 1. The highest BCUT2D eigenvalue weighted by Gasteiger charge is 2.19. The van der Waals surface area contributed by atoms with E-state index in [2.05, 4.69) is 10.4 Å². The molecular formula is C18H19N5O4. The minimum Gasteiger partial charge on any atom is -0.463 e. The van der Waals surface area contributed by atoms with Crippen LogP contribution in [0.25, 0.3) is 17.1 Å². The second-order valence-corrected chi connectivity index (χ2v) is 6.14. The van der Waals surface area contributed by atoms with Gasteiger partial charge in [0.1, 0.15) is 11.4 Å². The predicted molar refractivity (Wildman–Crippen MR) is 98.8 cm³/mol. The summed E-state index contributed by atoms with van der Waals surface area (Å²) >= 11 is 0. The Kier molecular flexibility index (Phi) is 5.32. The third-order valence-electron chi connectivity index (χ3n) is 3.87. The van der Waals surface area contributed by atoms with Gasteiger partial charge in [-0.1, -0.05) is 0 Å². The number of carbonyl (C=O) groups excluding carboxylic acids is 1. The van der Waals surface area contributed by atoms with Crippen molar-refractivity contribution >= 4 is 11.6 Å². The van der Waals surface area contributed by atoms with Crippen molar-refractivity contribution in [1.82, 2.24) is 20.0 Å². The number of nitrogens with zero attached hydrogens (tertiary/aromatic N) is 4. The molecule has 1 aromatic carbocycles. The number of likely N-dealkylation sites (N-methyl/N-ethyl adjacent to an activating group) is 1. The Hall–Kier alpha value is -3.46. The highest BCUT2D eigenvalue weighted by Crippen LogP contribution is 2.23. The Balaban J connectivity index is 1.95. The van der Waals surface area contributed by atoms with Gasteiger partial charge in [0, 0.05) is 31.3 Å². The van der Waals surface area contributed by atoms with Crippen LogP contribution in [0.4, 0.5) is 5.69 Å². The molecule has 1 N–H and O–H groups in total. The summed E-state index contributed by atoms with van der Waals surface area (Å²) in [5.74, 6) is 0.235. The Labute approximate surface area is 155 Å². The zero-order valence-corrected chi connectivity index (χ0v) is 15.0. The zero-order chi connectivity index (χ0) is 19.4. The number of aromatic nitrogens is 2. The molecule has 2 aromatic heterocycles. The molecule has 3 aromatic rings. The lowest BCUT2D eigenvalue weighted by Crippen LogP contribution is -2.32. The van der Waals surface area contributed by atoms with Crippen LogP contribution in [-0.4, -0.2) is 52.7 Å². The van der Waals surface area contributed by atoms with Crippen LogP contribution in [0.15, 0.2) is 53.1 Å². The maximum absolute atomic E-state index is 12.6. The number of furan rings is 1. The Morgan fingerprint density at radius 3 is 2.63 bits per heavy atom. The van der Waals surface area contributed by atoms with Crippen LogP contribution in [0.1, 0.15) is 10.5 Å². The average molecular weight is 369 g/mol. The third-order valence-corrected chi connectivity index (χ3v) is 3.87. The molecule has 2 heterocycles. The Morgan fingerprint density at radius 1 is 1.30 bits per heavy atom. The molecule has 27 heavy (non-hydrogen) atoms. The van der Waals surface area contributed by atoms with E-state index in [1.807, 2.05) is 19.0 Å². The lowest BCUT2D eigenvalue weighted by molar-refractivity contribution is -0.384. The zero-order valence-electron chi connectivity index (χ0n) is 15.0. The quantitative estimate of drug-likeness (QED) is 0.506. The van der Waals surface area contributed by atoms with E-state index < -0.39 is 4.92 Å². The van der Waals surface area contributed by atoms with Gasteiger partial charge in [-0.3, -0.25) is 14.9 Å². The number of nitrogens with one attached hydrogen (secondary N) is 1. The molecule has 140 valence electrons. The van der Waals surface area contributed by atoms with Crippen LogP contribution in [0.2, 0.25) is 0 Å². The number of carbonyl (C=O) groups is 1. The molecule has 0 aliphatic carbocycles. The van der Waals surface area contributed by atoms with E-state index in [4.69, 9.17) is 4.42 Å². The summed E-state index contributed by atoms with van der Waals surface area (Å²) in [4.78, 5) is 25.0. The van der Waals surface area contributed by atoms with E-state index >= 15 is 0 Å². The van der Waals surface area contributed by atoms with Gasteiger partial charge >= 0.3 is 0 Å². The number of rotatable bonds is 7. The number of non-ortho nitro benzene ring substituents is 1. The highest BCUT2D eigenvalue weighted by atomic mass is 16.6. The smallest absolute Gasteiger partial charge is 0.270 e. The Bertz CT molecular complexity index is 929. The van der Waals surface area contributed by atoms with Crippen molar-refractivity contribution in [2.24, 2.45) is 0 Å². The minimum atomic E-state index is -0.476. The van der Waals surface area contributed by atoms with Crippen LogP contribution >= 0.6 is 0 Å². The number of hydrogen-bond donors (Lipinski definition) is 1. The first-order chi connectivity index (χ1) is 13.0. The molecule has 0 saturated carbocycles. The average Bonchev–Trinajstić information content (AvgIpc) is 3.31. The van der Waals surface area contributed by atoms with E-state index in [9.17, 15) is 14.9 Å². The molecule has 0 saturated heterocycles. The summed E-state index contributed by atoms with van der Waals surface area (Å²) in [6.45, 7) is 1.18. The molecule has 0 atom stereocenters. The second-order valence-electron chi connectivity index (χ2n) is 6.14. The summed E-state index contributed by atoms with van der Waals surface area (Å²) in [6.07, 6.45) is 1.52. The van der Waals surface area contributed by atoms with Crippen molar-refractivity contribution in [2.75, 3.05) is 27.2 Å². The van der Waals surface area contributed by atoms with Gasteiger partial charge in [-0.05, 0) is 38.4 Å². The molecule has 9 nitrogen and oxygen atoms in total. The summed E-state index contributed by atoms with van der Waals surface area (Å²) < 4.78 is 6.81. The van der Waals surface area contributed by atoms with Crippen LogP contribution in [0.5, 0.6) is 0 Å². The van der Waals surface area contributed by atoms with Gasteiger partial charge in [-0.15, -0.1) is 0 Å². The lowest BCUT2D eigenvalue weighted by atomic mass is 10.2. The standard InChI is InChI=1S/C18H19N5O4/c1-21(2)10-9-19-18(24)16-12-15(17-4-3-11-27-17)20-22(16)13-5-7-14(8-6-13)23(25)26/h3-8,11-12H,9-10H2,1-2H3,(H,19,24). The molecule has 0 radical (unpaired) electrons. The van der Waals surface area contributed by atoms with Crippen LogP contribution < -0.4 is 5.32 Å². The molecule has 9 heteroatoms. The van der Waals surface area contributed by atoms with Crippen LogP contribution in [0, 0.1) is 10.1 Å². The Morgan fingerprint density at radius 2 is 2.04 bits per heavy atom. The van der Waals surface area contributed by atoms with Gasteiger partial charge in [0.05, 0.1) is 16.9 Å². The fourth-order valence-corrected chi connectivity index (χ4v) is 2.48. The summed E-state index contributed by atoms with van der Waals surface area (Å²) in [6, 6.07) is 11.0. The molecule has 1 amide bonds. The first-order valence-electron chi connectivity index (χ1n) is 8.27. The van der Waals surface area contributed by atoms with Crippen LogP contribution in [-0.2, 0) is 0 Å². The topological polar surface area (TPSA) is 106 Å². The third kappa shape index (κ3) is 4.21. The van der Waals surface area contributed by atoms with E-state index in [0.29, 0.717) is 35.9 Å². The molecule has 0 unspecified atom stereocenters. The minimum absolute atomic E-state index is 0.0332. The molecular weight excluding hydrogens is 350 g/mol. The maximum atomic E-state index is 12.6. The molecule has 0 bridgehead atoms. The monoisotopic (exact) mass is 369 g/mol. The van der Waals surface area contributed by atoms with Crippen molar-refractivity contribution in [1.29, 1.82) is 0 Å². The second kappa shape index (κ2) is 7.83. The lowest BCUT2D eigenvalue weighted by Gasteiger charge is -2.11. The van der Waals surface area contributed by atoms with Crippen LogP contribution in [0.3, 0.4) is 0 Å². The molecule has 3 rings (SSSR count). The van der Waals surface area contributed by atoms with Crippen molar-refractivity contribution in [2.45, 2.75) is 0 Å². The fourth-order valence-electron chi connectivity index (χ4n) is 2.48. The van der Waals surface area contributed by atoms with Crippen molar-refractivity contribution < 1.29 is 14.1 Å². The predicted octanol–water partition coefficient (Wildman–Crippen LogP) is 2.33. The van der Waals surface area contributed by atoms with Gasteiger partial charge in [-0.25, -0.2) is 4.68 Å². The van der Waals surface area contributed by atoms with E-state index in [1.165, 1.54) is 23.1 Å². The number of nitro benzene ring substituents is 1. The normalized spacial score (nSPS) is 10.9. The number of amides is 1. The SMILES string of the molecule is CN(C)CCNC(=O)c1cc(-c2ccco2)nn1-c1ccc([N+](=O)[O-])cc1. The van der Waals surface area contributed by atoms with Gasteiger partial charge in [0.2, 0.25) is 0 Å². The van der Waals surface area contributed by atoms with Gasteiger partial charge in [0.25, 0.3) is 11.6 Å². The van der Waals surface area contributed by atoms with E-state index in [1.54, 1.807) is 30.3 Å². The van der Waals surface area contributed by atoms with Crippen molar-refractivity contribution in [3.8, 4) is 17.1 Å². The highest BCUT2D eigenvalue weighted by molar-refractivity contribution is 5.94. The number of benzene rings is 1. The van der Waals surface area contributed by atoms with Crippen molar-refractivity contribution in [3.63, 3.8) is 0 Å². The summed E-state index contributed by atoms with van der Waals surface area (Å²) in [5.41, 5.74) is 1.32. The van der Waals surface area contributed by atoms with Gasteiger partial charge < -0.3 is 14.6 Å². The molecule has 0 spiro atoms. The largest absolute Gasteiger partial charge is 0.463 e. The molecule has 0 aliphatic heterocycles. The van der Waals surface area contributed by atoms with Crippen molar-refractivity contribution in [3.05, 3.63) is 64.5 Å². The summed E-state index contributed by atoms with van der Waals surface area (Å²) in [7, 11) is 3.84. The summed E-state index contributed by atoms with van der Waals surface area (Å²) in [5, 5.41) is 18.2. The number of hydrogen-bond acceptors (Lipinski definition) is 6. The molecule has 0 fully saturated rings. The fraction of sp³-hybridized carbons (Fsp3) is 0.222.